The van der Waals surface area contributed by atoms with Crippen LogP contribution in [0.2, 0.25) is 0 Å². The summed E-state index contributed by atoms with van der Waals surface area (Å²) in [6, 6.07) is 11.9. The second-order valence-electron chi connectivity index (χ2n) is 8.08. The second-order valence-corrected chi connectivity index (χ2v) is 8.08. The van der Waals surface area contributed by atoms with Gasteiger partial charge in [0.2, 0.25) is 18.4 Å². The Kier molecular flexibility index (Phi) is 6.09. The number of nitrogens with one attached hydrogen (secondary N) is 1. The van der Waals surface area contributed by atoms with E-state index in [0.29, 0.717) is 18.9 Å². The third-order valence-electron chi connectivity index (χ3n) is 5.87. The van der Waals surface area contributed by atoms with Crippen LogP contribution < -0.4 is 19.7 Å². The van der Waals surface area contributed by atoms with E-state index in [-0.39, 0.29) is 30.7 Å². The van der Waals surface area contributed by atoms with Crippen molar-refractivity contribution in [2.45, 2.75) is 13.1 Å². The van der Waals surface area contributed by atoms with Crippen LogP contribution in [0.4, 0.5) is 21.7 Å². The van der Waals surface area contributed by atoms with Gasteiger partial charge in [-0.3, -0.25) is 15.0 Å². The molecule has 2 aliphatic heterocycles. The van der Waals surface area contributed by atoms with E-state index in [2.05, 4.69) is 20.2 Å². The molecule has 5 rings (SSSR count). The molecule has 3 heterocycles. The van der Waals surface area contributed by atoms with Gasteiger partial charge in [0, 0.05) is 39.3 Å². The van der Waals surface area contributed by atoms with Gasteiger partial charge in [0.05, 0.1) is 4.92 Å². The lowest BCUT2D eigenvalue weighted by molar-refractivity contribution is -0.383. The van der Waals surface area contributed by atoms with Crippen molar-refractivity contribution in [3.05, 3.63) is 75.9 Å². The van der Waals surface area contributed by atoms with Crippen LogP contribution in [0, 0.1) is 15.9 Å². The minimum Gasteiger partial charge on any atom is -0.454 e. The molecule has 0 spiro atoms. The van der Waals surface area contributed by atoms with Gasteiger partial charge in [0.25, 0.3) is 0 Å². The number of fused-ring (bicyclic) bond motifs is 1. The van der Waals surface area contributed by atoms with E-state index in [1.165, 1.54) is 18.5 Å². The first-order valence-corrected chi connectivity index (χ1v) is 10.9. The Balaban J connectivity index is 1.25. The minimum absolute atomic E-state index is 0.141. The highest BCUT2D eigenvalue weighted by Crippen LogP contribution is 2.34. The zero-order valence-corrected chi connectivity index (χ0v) is 18.3. The first kappa shape index (κ1) is 21.8. The van der Waals surface area contributed by atoms with Gasteiger partial charge in [-0.25, -0.2) is 14.4 Å². The highest BCUT2D eigenvalue weighted by atomic mass is 19.1. The van der Waals surface area contributed by atoms with E-state index < -0.39 is 4.92 Å². The number of nitrogens with zero attached hydrogens (tertiary/aromatic N) is 5. The van der Waals surface area contributed by atoms with Gasteiger partial charge in [-0.15, -0.1) is 0 Å². The minimum atomic E-state index is -0.457. The van der Waals surface area contributed by atoms with Crippen molar-refractivity contribution in [3.8, 4) is 11.5 Å². The van der Waals surface area contributed by atoms with Crippen LogP contribution in [0.25, 0.3) is 0 Å². The van der Waals surface area contributed by atoms with Crippen molar-refractivity contribution in [2.24, 2.45) is 0 Å². The fourth-order valence-corrected chi connectivity index (χ4v) is 4.10. The van der Waals surface area contributed by atoms with Crippen LogP contribution in [-0.4, -0.2) is 52.8 Å². The molecule has 0 aliphatic carbocycles. The third-order valence-corrected chi connectivity index (χ3v) is 5.87. The van der Waals surface area contributed by atoms with E-state index in [1.807, 2.05) is 23.1 Å². The Morgan fingerprint density at radius 3 is 2.50 bits per heavy atom. The largest absolute Gasteiger partial charge is 0.454 e. The lowest BCUT2D eigenvalue weighted by Gasteiger charge is -2.35. The maximum Gasteiger partial charge on any atom is 0.353 e. The number of aromatic nitrogens is 2. The number of halogens is 1. The molecule has 0 unspecified atom stereocenters. The normalized spacial score (nSPS) is 15.4. The fraction of sp³-hybridized carbons (Fsp3) is 0.304. The van der Waals surface area contributed by atoms with Gasteiger partial charge in [-0.1, -0.05) is 18.2 Å². The van der Waals surface area contributed by atoms with Crippen molar-refractivity contribution >= 4 is 17.3 Å². The summed E-state index contributed by atoms with van der Waals surface area (Å²) in [6.07, 6.45) is 1.33. The number of nitro groups is 1. The number of rotatable bonds is 7. The van der Waals surface area contributed by atoms with Gasteiger partial charge in [-0.2, -0.15) is 0 Å². The molecule has 10 nitrogen and oxygen atoms in total. The second kappa shape index (κ2) is 9.48. The number of benzene rings is 2. The molecule has 2 aliphatic rings. The molecule has 3 aromatic rings. The van der Waals surface area contributed by atoms with E-state index >= 15 is 0 Å². The number of piperazine rings is 1. The first-order chi connectivity index (χ1) is 16.6. The summed E-state index contributed by atoms with van der Waals surface area (Å²) in [7, 11) is 0. The molecule has 1 N–H and O–H groups in total. The number of anilines is 2. The summed E-state index contributed by atoms with van der Waals surface area (Å²) in [5, 5.41) is 14.9. The summed E-state index contributed by atoms with van der Waals surface area (Å²) >= 11 is 0. The molecular formula is C23H23FN6O4. The van der Waals surface area contributed by atoms with Crippen molar-refractivity contribution in [1.82, 2.24) is 14.9 Å². The van der Waals surface area contributed by atoms with E-state index in [9.17, 15) is 14.5 Å². The molecule has 176 valence electrons. The van der Waals surface area contributed by atoms with Crippen molar-refractivity contribution in [3.63, 3.8) is 0 Å². The highest BCUT2D eigenvalue weighted by Gasteiger charge is 2.29. The standard InChI is InChI=1S/C23H23FN6O4/c24-18-4-1-16(2-5-18)12-25-22-21(30(31)32)23(27-14-26-22)29-9-7-28(8-10-29)13-17-3-6-19-20(11-17)34-15-33-19/h1-6,11,14H,7-10,12-13,15H2,(H,25,26,27). The summed E-state index contributed by atoms with van der Waals surface area (Å²) in [5.74, 6) is 1.62. The Morgan fingerprint density at radius 1 is 1.00 bits per heavy atom. The predicted octanol–water partition coefficient (Wildman–Crippen LogP) is 3.19. The predicted molar refractivity (Wildman–Crippen MR) is 122 cm³/mol. The van der Waals surface area contributed by atoms with E-state index in [0.717, 1.165) is 42.3 Å². The summed E-state index contributed by atoms with van der Waals surface area (Å²) in [6.45, 7) is 3.93. The first-order valence-electron chi connectivity index (χ1n) is 10.9. The topological polar surface area (TPSA) is 106 Å². The van der Waals surface area contributed by atoms with Gasteiger partial charge < -0.3 is 19.7 Å². The lowest BCUT2D eigenvalue weighted by Crippen LogP contribution is -2.46. The molecule has 11 heteroatoms. The summed E-state index contributed by atoms with van der Waals surface area (Å²) in [4.78, 5) is 24.0. The molecule has 0 bridgehead atoms. The quantitative estimate of drug-likeness (QED) is 0.415. The van der Waals surface area contributed by atoms with Crippen molar-refractivity contribution in [2.75, 3.05) is 43.2 Å². The van der Waals surface area contributed by atoms with Gasteiger partial charge in [-0.05, 0) is 35.4 Å². The maximum atomic E-state index is 13.1. The molecule has 2 aromatic carbocycles. The monoisotopic (exact) mass is 466 g/mol. The summed E-state index contributed by atoms with van der Waals surface area (Å²) < 4.78 is 23.9. The van der Waals surface area contributed by atoms with Crippen LogP contribution in [0.15, 0.2) is 48.8 Å². The SMILES string of the molecule is O=[N+]([O-])c1c(NCc2ccc(F)cc2)ncnc1N1CCN(Cc2ccc3c(c2)OCO3)CC1. The summed E-state index contributed by atoms with van der Waals surface area (Å²) in [5.41, 5.74) is 1.75. The highest BCUT2D eigenvalue weighted by molar-refractivity contribution is 5.70. The van der Waals surface area contributed by atoms with Crippen LogP contribution in [0.1, 0.15) is 11.1 Å². The van der Waals surface area contributed by atoms with Crippen LogP contribution in [0.3, 0.4) is 0 Å². The Hall–Kier alpha value is -3.99. The maximum absolute atomic E-state index is 13.1. The molecule has 0 saturated carbocycles. The Labute approximate surface area is 195 Å². The smallest absolute Gasteiger partial charge is 0.353 e. The van der Waals surface area contributed by atoms with Crippen LogP contribution in [0.5, 0.6) is 11.5 Å². The Morgan fingerprint density at radius 2 is 1.74 bits per heavy atom. The molecular weight excluding hydrogens is 443 g/mol. The Bertz CT molecular complexity index is 1180. The number of hydrogen-bond donors (Lipinski definition) is 1. The van der Waals surface area contributed by atoms with Gasteiger partial charge in [0.15, 0.2) is 11.5 Å². The molecule has 0 atom stereocenters. The van der Waals surface area contributed by atoms with Gasteiger partial charge >= 0.3 is 5.69 Å². The fourth-order valence-electron chi connectivity index (χ4n) is 4.10. The average Bonchev–Trinajstić information content (AvgIpc) is 3.32. The third kappa shape index (κ3) is 4.69. The van der Waals surface area contributed by atoms with Gasteiger partial charge in [0.1, 0.15) is 12.1 Å². The van der Waals surface area contributed by atoms with Crippen LogP contribution >= 0.6 is 0 Å². The lowest BCUT2D eigenvalue weighted by atomic mass is 10.1. The molecule has 1 saturated heterocycles. The zero-order chi connectivity index (χ0) is 23.5. The zero-order valence-electron chi connectivity index (χ0n) is 18.3. The molecule has 1 fully saturated rings. The number of hydrogen-bond acceptors (Lipinski definition) is 9. The molecule has 1 aromatic heterocycles. The van der Waals surface area contributed by atoms with Crippen LogP contribution in [-0.2, 0) is 13.1 Å². The molecule has 34 heavy (non-hydrogen) atoms. The molecule has 0 amide bonds. The molecule has 0 radical (unpaired) electrons. The average molecular weight is 466 g/mol. The van der Waals surface area contributed by atoms with E-state index in [1.54, 1.807) is 12.1 Å². The van der Waals surface area contributed by atoms with E-state index in [4.69, 9.17) is 9.47 Å². The van der Waals surface area contributed by atoms with Crippen molar-refractivity contribution < 1.29 is 18.8 Å². The van der Waals surface area contributed by atoms with Crippen molar-refractivity contribution in [1.29, 1.82) is 0 Å². The number of ether oxygens (including phenoxy) is 2.